The molecule has 0 saturated heterocycles. The second-order valence-electron chi connectivity index (χ2n) is 5.52. The zero-order chi connectivity index (χ0) is 14.5. The highest BCUT2D eigenvalue weighted by Crippen LogP contribution is 2.24. The van der Waals surface area contributed by atoms with Crippen molar-refractivity contribution >= 4 is 0 Å². The lowest BCUT2D eigenvalue weighted by atomic mass is 9.90. The topological polar surface area (TPSA) is 53.0 Å². The molecule has 1 aliphatic rings. The van der Waals surface area contributed by atoms with Crippen LogP contribution in [0.4, 0.5) is 4.39 Å². The molecule has 20 heavy (non-hydrogen) atoms. The zero-order valence-corrected chi connectivity index (χ0v) is 12.0. The lowest BCUT2D eigenvalue weighted by Crippen LogP contribution is -2.40. The molecule has 1 aromatic rings. The minimum absolute atomic E-state index is 0.129. The summed E-state index contributed by atoms with van der Waals surface area (Å²) in [5.74, 6) is -0.374. The van der Waals surface area contributed by atoms with Gasteiger partial charge < -0.3 is 5.73 Å². The zero-order valence-electron chi connectivity index (χ0n) is 12.0. The third kappa shape index (κ3) is 3.36. The van der Waals surface area contributed by atoms with Gasteiger partial charge in [0, 0.05) is 24.2 Å². The van der Waals surface area contributed by atoms with Gasteiger partial charge in [-0.2, -0.15) is 5.26 Å². The third-order valence-electron chi connectivity index (χ3n) is 4.24. The molecule has 1 aromatic carbocycles. The van der Waals surface area contributed by atoms with Gasteiger partial charge in [-0.25, -0.2) is 4.39 Å². The van der Waals surface area contributed by atoms with Crippen LogP contribution in [-0.4, -0.2) is 23.5 Å². The van der Waals surface area contributed by atoms with Crippen molar-refractivity contribution in [3.05, 3.63) is 35.1 Å². The predicted molar refractivity (Wildman–Crippen MR) is 77.4 cm³/mol. The van der Waals surface area contributed by atoms with E-state index in [1.165, 1.54) is 6.07 Å². The second-order valence-corrected chi connectivity index (χ2v) is 5.52. The fourth-order valence-corrected chi connectivity index (χ4v) is 2.97. The van der Waals surface area contributed by atoms with Crippen LogP contribution in [0.3, 0.4) is 0 Å². The Kier molecular flexibility index (Phi) is 5.11. The van der Waals surface area contributed by atoms with Crippen LogP contribution in [0.1, 0.15) is 43.7 Å². The average molecular weight is 275 g/mol. The van der Waals surface area contributed by atoms with E-state index >= 15 is 0 Å². The first kappa shape index (κ1) is 15.0. The highest BCUT2D eigenvalue weighted by Gasteiger charge is 2.24. The number of nitrogens with two attached hydrogens (primary N) is 1. The summed E-state index contributed by atoms with van der Waals surface area (Å²) in [5, 5.41) is 8.89. The summed E-state index contributed by atoms with van der Waals surface area (Å²) < 4.78 is 14.1. The predicted octanol–water partition coefficient (Wildman–Crippen LogP) is 2.79. The first-order chi connectivity index (χ1) is 9.65. The Morgan fingerprint density at radius 2 is 2.05 bits per heavy atom. The van der Waals surface area contributed by atoms with Gasteiger partial charge in [0.15, 0.2) is 0 Å². The molecule has 0 heterocycles. The van der Waals surface area contributed by atoms with Crippen molar-refractivity contribution in [1.29, 1.82) is 5.26 Å². The van der Waals surface area contributed by atoms with Crippen LogP contribution in [0.5, 0.6) is 0 Å². The Bertz CT molecular complexity index is 487. The molecule has 0 aromatic heterocycles. The molecule has 0 radical (unpaired) electrons. The van der Waals surface area contributed by atoms with Gasteiger partial charge in [-0.3, -0.25) is 4.90 Å². The van der Waals surface area contributed by atoms with Gasteiger partial charge in [-0.15, -0.1) is 0 Å². The number of nitriles is 1. The van der Waals surface area contributed by atoms with Gasteiger partial charge in [0.05, 0.1) is 5.56 Å². The first-order valence-electron chi connectivity index (χ1n) is 7.32. The maximum absolute atomic E-state index is 14.1. The molecular formula is C16H22FN3. The molecule has 1 saturated carbocycles. The van der Waals surface area contributed by atoms with Crippen molar-refractivity contribution < 1.29 is 4.39 Å². The molecule has 4 heteroatoms. The number of halogens is 1. The summed E-state index contributed by atoms with van der Waals surface area (Å²) >= 11 is 0. The van der Waals surface area contributed by atoms with Crippen molar-refractivity contribution in [2.24, 2.45) is 5.73 Å². The largest absolute Gasteiger partial charge is 0.328 e. The quantitative estimate of drug-likeness (QED) is 0.919. The van der Waals surface area contributed by atoms with E-state index in [1.54, 1.807) is 12.1 Å². The number of benzene rings is 1. The molecule has 0 atom stereocenters. The first-order valence-corrected chi connectivity index (χ1v) is 7.32. The molecule has 0 bridgehead atoms. The van der Waals surface area contributed by atoms with Crippen LogP contribution in [0, 0.1) is 17.1 Å². The monoisotopic (exact) mass is 275 g/mol. The second kappa shape index (κ2) is 6.83. The number of hydrogen-bond donors (Lipinski definition) is 1. The smallest absolute Gasteiger partial charge is 0.145 e. The Morgan fingerprint density at radius 3 is 2.65 bits per heavy atom. The van der Waals surface area contributed by atoms with Gasteiger partial charge in [0.2, 0.25) is 0 Å². The number of rotatable bonds is 4. The molecular weight excluding hydrogens is 253 g/mol. The van der Waals surface area contributed by atoms with Crippen molar-refractivity contribution in [3.63, 3.8) is 0 Å². The fourth-order valence-electron chi connectivity index (χ4n) is 2.97. The van der Waals surface area contributed by atoms with Gasteiger partial charge in [0.25, 0.3) is 0 Å². The summed E-state index contributed by atoms with van der Waals surface area (Å²) in [4.78, 5) is 2.30. The molecule has 108 valence electrons. The molecule has 0 aliphatic heterocycles. The molecule has 0 spiro atoms. The Hall–Kier alpha value is -1.44. The maximum atomic E-state index is 14.1. The van der Waals surface area contributed by atoms with Gasteiger partial charge in [0.1, 0.15) is 11.9 Å². The van der Waals surface area contributed by atoms with Gasteiger partial charge >= 0.3 is 0 Å². The van der Waals surface area contributed by atoms with Crippen LogP contribution >= 0.6 is 0 Å². The van der Waals surface area contributed by atoms with Crippen molar-refractivity contribution in [2.45, 2.75) is 51.2 Å². The van der Waals surface area contributed by atoms with E-state index in [9.17, 15) is 4.39 Å². The van der Waals surface area contributed by atoms with Crippen LogP contribution in [0.2, 0.25) is 0 Å². The summed E-state index contributed by atoms with van der Waals surface area (Å²) in [7, 11) is 0. The summed E-state index contributed by atoms with van der Waals surface area (Å²) in [6.07, 6.45) is 4.24. The minimum atomic E-state index is -0.374. The van der Waals surface area contributed by atoms with Crippen LogP contribution in [-0.2, 0) is 6.54 Å². The van der Waals surface area contributed by atoms with E-state index in [0.717, 1.165) is 32.2 Å². The van der Waals surface area contributed by atoms with Gasteiger partial charge in [-0.1, -0.05) is 19.1 Å². The molecule has 1 aliphatic carbocycles. The highest BCUT2D eigenvalue weighted by molar-refractivity contribution is 5.34. The Morgan fingerprint density at radius 1 is 1.35 bits per heavy atom. The Labute approximate surface area is 120 Å². The molecule has 0 unspecified atom stereocenters. The molecule has 3 nitrogen and oxygen atoms in total. The minimum Gasteiger partial charge on any atom is -0.328 e. The lowest BCUT2D eigenvalue weighted by Gasteiger charge is -2.35. The van der Waals surface area contributed by atoms with Crippen LogP contribution in [0.25, 0.3) is 0 Å². The van der Waals surface area contributed by atoms with E-state index in [1.807, 2.05) is 6.07 Å². The third-order valence-corrected chi connectivity index (χ3v) is 4.24. The van der Waals surface area contributed by atoms with E-state index in [4.69, 9.17) is 11.0 Å². The average Bonchev–Trinajstić information content (AvgIpc) is 2.47. The van der Waals surface area contributed by atoms with Crippen molar-refractivity contribution in [1.82, 2.24) is 4.90 Å². The van der Waals surface area contributed by atoms with E-state index in [-0.39, 0.29) is 11.4 Å². The van der Waals surface area contributed by atoms with Crippen molar-refractivity contribution in [3.8, 4) is 6.07 Å². The molecule has 2 N–H and O–H groups in total. The number of nitrogens with zero attached hydrogens (tertiary/aromatic N) is 2. The molecule has 2 rings (SSSR count). The van der Waals surface area contributed by atoms with E-state index < -0.39 is 0 Å². The maximum Gasteiger partial charge on any atom is 0.145 e. The normalized spacial score (nSPS) is 22.8. The Balaban J connectivity index is 2.09. The van der Waals surface area contributed by atoms with E-state index in [0.29, 0.717) is 24.2 Å². The van der Waals surface area contributed by atoms with Gasteiger partial charge in [-0.05, 0) is 38.3 Å². The highest BCUT2D eigenvalue weighted by atomic mass is 19.1. The van der Waals surface area contributed by atoms with Crippen LogP contribution < -0.4 is 5.73 Å². The van der Waals surface area contributed by atoms with E-state index in [2.05, 4.69) is 11.8 Å². The standard InChI is InChI=1S/C16H22FN3/c1-2-20(15-8-6-14(19)7-9-15)11-13-5-3-4-12(10-18)16(13)17/h3-5,14-15H,2,6-9,11,19H2,1H3. The lowest BCUT2D eigenvalue weighted by molar-refractivity contribution is 0.148. The fraction of sp³-hybridized carbons (Fsp3) is 0.562. The summed E-state index contributed by atoms with van der Waals surface area (Å²) in [6.45, 7) is 3.55. The summed E-state index contributed by atoms with van der Waals surface area (Å²) in [6, 6.07) is 7.75. The molecule has 1 fully saturated rings. The van der Waals surface area contributed by atoms with Crippen molar-refractivity contribution in [2.75, 3.05) is 6.54 Å². The van der Waals surface area contributed by atoms with Crippen LogP contribution in [0.15, 0.2) is 18.2 Å². The molecule has 0 amide bonds. The number of hydrogen-bond acceptors (Lipinski definition) is 3. The summed E-state index contributed by atoms with van der Waals surface area (Å²) in [5.41, 5.74) is 6.68. The SMILES string of the molecule is CCN(Cc1cccc(C#N)c1F)C1CCC(N)CC1.